The summed E-state index contributed by atoms with van der Waals surface area (Å²) in [6.45, 7) is 0. The summed E-state index contributed by atoms with van der Waals surface area (Å²) in [7, 11) is 1.31. The summed E-state index contributed by atoms with van der Waals surface area (Å²) in [5.41, 5.74) is 0.0306. The van der Waals surface area contributed by atoms with Gasteiger partial charge in [-0.15, -0.1) is 0 Å². The Kier molecular flexibility index (Phi) is 3.24. The van der Waals surface area contributed by atoms with E-state index in [0.717, 1.165) is 0 Å². The van der Waals surface area contributed by atoms with E-state index in [4.69, 9.17) is 4.74 Å². The minimum atomic E-state index is -1.24. The molecule has 2 rings (SSSR count). The number of aliphatic hydroxyl groups is 1. The van der Waals surface area contributed by atoms with Crippen molar-refractivity contribution in [3.05, 3.63) is 47.9 Å². The second-order valence-corrected chi connectivity index (χ2v) is 3.23. The molecule has 5 nitrogen and oxygen atoms in total. The van der Waals surface area contributed by atoms with Crippen molar-refractivity contribution < 1.29 is 14.2 Å². The topological polar surface area (TPSA) is 68.1 Å². The Morgan fingerprint density at radius 3 is 2.59 bits per heavy atom. The van der Waals surface area contributed by atoms with Gasteiger partial charge in [-0.3, -0.25) is 0 Å². The first kappa shape index (κ1) is 11.4. The van der Waals surface area contributed by atoms with E-state index in [-0.39, 0.29) is 17.3 Å². The predicted molar refractivity (Wildman–Crippen MR) is 56.8 cm³/mol. The number of methoxy groups -OCH3 is 1. The van der Waals surface area contributed by atoms with Crippen LogP contribution >= 0.6 is 0 Å². The van der Waals surface area contributed by atoms with E-state index < -0.39 is 11.9 Å². The number of aromatic nitrogens is 3. The van der Waals surface area contributed by atoms with E-state index in [9.17, 15) is 9.50 Å². The number of hydrogen-bond donors (Lipinski definition) is 1. The lowest BCUT2D eigenvalue weighted by atomic mass is 10.1. The molecule has 2 aromatic rings. The molecular weight excluding hydrogens is 225 g/mol. The van der Waals surface area contributed by atoms with Gasteiger partial charge in [0, 0.05) is 24.2 Å². The molecule has 1 N–H and O–H groups in total. The number of rotatable bonds is 3. The fraction of sp³-hybridized carbons (Fsp3) is 0.182. The molecule has 0 saturated carbocycles. The predicted octanol–water partition coefficient (Wildman–Crippen LogP) is 1.10. The molecule has 2 heterocycles. The molecule has 0 spiro atoms. The van der Waals surface area contributed by atoms with E-state index in [1.165, 1.54) is 31.8 Å². The third-order valence-electron chi connectivity index (χ3n) is 2.21. The Balaban J connectivity index is 2.41. The first-order valence-corrected chi connectivity index (χ1v) is 4.87. The molecular formula is C11H10FN3O2. The zero-order valence-electron chi connectivity index (χ0n) is 9.04. The normalized spacial score (nSPS) is 12.2. The Hall–Kier alpha value is -2.08. The summed E-state index contributed by atoms with van der Waals surface area (Å²) in [6, 6.07) is 2.97. The Labute approximate surface area is 97.0 Å². The highest BCUT2D eigenvalue weighted by atomic mass is 19.1. The molecule has 88 valence electrons. The molecule has 0 fully saturated rings. The number of halogens is 1. The van der Waals surface area contributed by atoms with Crippen LogP contribution in [0.5, 0.6) is 5.88 Å². The van der Waals surface area contributed by atoms with Crippen LogP contribution in [0, 0.1) is 5.82 Å². The number of aliphatic hydroxyl groups excluding tert-OH is 1. The summed E-state index contributed by atoms with van der Waals surface area (Å²) in [6.07, 6.45) is 3.06. The zero-order chi connectivity index (χ0) is 12.3. The molecule has 0 aliphatic carbocycles. The summed E-state index contributed by atoms with van der Waals surface area (Å²) in [5.74, 6) is -0.757. The molecule has 0 radical (unpaired) electrons. The molecule has 6 heteroatoms. The Bertz CT molecular complexity index is 507. The maximum absolute atomic E-state index is 13.8. The minimum Gasteiger partial charge on any atom is -0.479 e. The molecule has 0 bridgehead atoms. The van der Waals surface area contributed by atoms with Crippen molar-refractivity contribution in [2.24, 2.45) is 0 Å². The van der Waals surface area contributed by atoms with Crippen LogP contribution in [-0.2, 0) is 0 Å². The quantitative estimate of drug-likeness (QED) is 0.862. The van der Waals surface area contributed by atoms with Gasteiger partial charge in [0.05, 0.1) is 7.11 Å². The second-order valence-electron chi connectivity index (χ2n) is 3.23. The van der Waals surface area contributed by atoms with Gasteiger partial charge in [0.15, 0.2) is 11.6 Å². The van der Waals surface area contributed by atoms with Gasteiger partial charge < -0.3 is 9.84 Å². The molecule has 0 aliphatic rings. The second kappa shape index (κ2) is 4.84. The molecule has 0 aliphatic heterocycles. The third kappa shape index (κ3) is 2.21. The number of nitrogens with zero attached hydrogens (tertiary/aromatic N) is 3. The van der Waals surface area contributed by atoms with Crippen molar-refractivity contribution in [1.82, 2.24) is 15.0 Å². The monoisotopic (exact) mass is 235 g/mol. The van der Waals surface area contributed by atoms with Crippen LogP contribution in [0.3, 0.4) is 0 Å². The first-order valence-electron chi connectivity index (χ1n) is 4.87. The van der Waals surface area contributed by atoms with Crippen molar-refractivity contribution in [3.8, 4) is 5.88 Å². The van der Waals surface area contributed by atoms with Crippen LogP contribution in [0.15, 0.2) is 30.7 Å². The van der Waals surface area contributed by atoms with Gasteiger partial charge in [-0.1, -0.05) is 0 Å². The summed E-state index contributed by atoms with van der Waals surface area (Å²) < 4.78 is 18.5. The molecule has 0 saturated heterocycles. The van der Waals surface area contributed by atoms with Crippen LogP contribution in [0.2, 0.25) is 0 Å². The van der Waals surface area contributed by atoms with Gasteiger partial charge in [0.2, 0.25) is 5.88 Å². The van der Waals surface area contributed by atoms with Crippen molar-refractivity contribution in [2.75, 3.05) is 7.11 Å². The average molecular weight is 235 g/mol. The lowest BCUT2D eigenvalue weighted by Gasteiger charge is -2.11. The van der Waals surface area contributed by atoms with E-state index in [1.807, 2.05) is 0 Å². The van der Waals surface area contributed by atoms with Gasteiger partial charge >= 0.3 is 0 Å². The number of pyridine rings is 1. The number of ether oxygens (including phenoxy) is 1. The van der Waals surface area contributed by atoms with Gasteiger partial charge in [-0.25, -0.2) is 19.3 Å². The SMILES string of the molecule is COc1nccc(C(O)c2ncccn2)c1F. The van der Waals surface area contributed by atoms with E-state index >= 15 is 0 Å². The minimum absolute atomic E-state index is 0.0306. The highest BCUT2D eigenvalue weighted by molar-refractivity contribution is 5.28. The van der Waals surface area contributed by atoms with Crippen molar-refractivity contribution in [3.63, 3.8) is 0 Å². The van der Waals surface area contributed by atoms with Crippen molar-refractivity contribution in [2.45, 2.75) is 6.10 Å². The van der Waals surface area contributed by atoms with Gasteiger partial charge in [0.25, 0.3) is 0 Å². The Morgan fingerprint density at radius 2 is 1.94 bits per heavy atom. The van der Waals surface area contributed by atoms with Crippen LogP contribution in [0.4, 0.5) is 4.39 Å². The lowest BCUT2D eigenvalue weighted by molar-refractivity contribution is 0.202. The van der Waals surface area contributed by atoms with Crippen LogP contribution < -0.4 is 4.74 Å². The zero-order valence-corrected chi connectivity index (χ0v) is 9.04. The van der Waals surface area contributed by atoms with Crippen LogP contribution in [0.1, 0.15) is 17.5 Å². The summed E-state index contributed by atoms with van der Waals surface area (Å²) >= 11 is 0. The maximum atomic E-state index is 13.8. The Morgan fingerprint density at radius 1 is 1.24 bits per heavy atom. The molecule has 0 aromatic carbocycles. The first-order chi connectivity index (χ1) is 8.24. The smallest absolute Gasteiger partial charge is 0.250 e. The largest absolute Gasteiger partial charge is 0.479 e. The van der Waals surface area contributed by atoms with Gasteiger partial charge in [0.1, 0.15) is 6.10 Å². The van der Waals surface area contributed by atoms with Gasteiger partial charge in [-0.2, -0.15) is 0 Å². The molecule has 17 heavy (non-hydrogen) atoms. The third-order valence-corrected chi connectivity index (χ3v) is 2.21. The average Bonchev–Trinajstić information content (AvgIpc) is 2.39. The van der Waals surface area contributed by atoms with Crippen LogP contribution in [-0.4, -0.2) is 27.2 Å². The van der Waals surface area contributed by atoms with Crippen molar-refractivity contribution >= 4 is 0 Å². The van der Waals surface area contributed by atoms with Gasteiger partial charge in [-0.05, 0) is 12.1 Å². The van der Waals surface area contributed by atoms with Crippen molar-refractivity contribution in [1.29, 1.82) is 0 Å². The summed E-state index contributed by atoms with van der Waals surface area (Å²) in [4.78, 5) is 11.4. The fourth-order valence-corrected chi connectivity index (χ4v) is 1.38. The van der Waals surface area contributed by atoms with Crippen LogP contribution in [0.25, 0.3) is 0 Å². The lowest BCUT2D eigenvalue weighted by Crippen LogP contribution is -2.08. The van der Waals surface area contributed by atoms with E-state index in [1.54, 1.807) is 6.07 Å². The highest BCUT2D eigenvalue weighted by Gasteiger charge is 2.20. The standard InChI is InChI=1S/C11H10FN3O2/c1-17-11-8(12)7(3-6-15-11)9(16)10-13-4-2-5-14-10/h2-6,9,16H,1H3. The highest BCUT2D eigenvalue weighted by Crippen LogP contribution is 2.25. The number of hydrogen-bond acceptors (Lipinski definition) is 5. The summed E-state index contributed by atoms with van der Waals surface area (Å²) in [5, 5.41) is 9.94. The maximum Gasteiger partial charge on any atom is 0.250 e. The van der Waals surface area contributed by atoms with E-state index in [2.05, 4.69) is 15.0 Å². The fourth-order valence-electron chi connectivity index (χ4n) is 1.38. The van der Waals surface area contributed by atoms with E-state index in [0.29, 0.717) is 0 Å². The molecule has 0 amide bonds. The molecule has 1 atom stereocenters. The molecule has 2 aromatic heterocycles. The molecule has 1 unspecified atom stereocenters.